The standard InChI is InChI=1S/C17H25BrN2O/c1-3-4-9-20-10-7-15(8-11-20)19-17(21)16-12-14(18)6-5-13(16)2/h5-6,12,15H,3-4,7-11H2,1-2H3,(H,19,21). The predicted molar refractivity (Wildman–Crippen MR) is 90.7 cm³/mol. The van der Waals surface area contributed by atoms with Crippen LogP contribution in [0.15, 0.2) is 22.7 Å². The molecule has 0 bridgehead atoms. The van der Waals surface area contributed by atoms with Gasteiger partial charge in [-0.1, -0.05) is 35.3 Å². The molecular formula is C17H25BrN2O. The molecule has 2 rings (SSSR count). The lowest BCUT2D eigenvalue weighted by Gasteiger charge is -2.32. The maximum absolute atomic E-state index is 12.4. The van der Waals surface area contributed by atoms with Gasteiger partial charge >= 0.3 is 0 Å². The number of benzene rings is 1. The van der Waals surface area contributed by atoms with Crippen LogP contribution >= 0.6 is 15.9 Å². The summed E-state index contributed by atoms with van der Waals surface area (Å²) in [6.45, 7) is 7.61. The smallest absolute Gasteiger partial charge is 0.251 e. The summed E-state index contributed by atoms with van der Waals surface area (Å²) in [5.74, 6) is 0.0563. The summed E-state index contributed by atoms with van der Waals surface area (Å²) < 4.78 is 0.952. The lowest BCUT2D eigenvalue weighted by Crippen LogP contribution is -2.45. The van der Waals surface area contributed by atoms with Gasteiger partial charge in [-0.15, -0.1) is 0 Å². The van der Waals surface area contributed by atoms with Crippen molar-refractivity contribution in [3.05, 3.63) is 33.8 Å². The minimum atomic E-state index is 0.0563. The van der Waals surface area contributed by atoms with Gasteiger partial charge in [-0.05, 0) is 50.4 Å². The molecule has 0 radical (unpaired) electrons. The third-order valence-electron chi connectivity index (χ3n) is 4.19. The number of hydrogen-bond acceptors (Lipinski definition) is 2. The van der Waals surface area contributed by atoms with Gasteiger partial charge in [0.25, 0.3) is 5.91 Å². The van der Waals surface area contributed by atoms with Crippen LogP contribution in [0.4, 0.5) is 0 Å². The van der Waals surface area contributed by atoms with Crippen molar-refractivity contribution in [2.45, 2.75) is 45.6 Å². The molecule has 0 aromatic heterocycles. The van der Waals surface area contributed by atoms with Crippen LogP contribution in [0.5, 0.6) is 0 Å². The highest BCUT2D eigenvalue weighted by molar-refractivity contribution is 9.10. The van der Waals surface area contributed by atoms with Crippen molar-refractivity contribution < 1.29 is 4.79 Å². The van der Waals surface area contributed by atoms with Crippen molar-refractivity contribution >= 4 is 21.8 Å². The molecule has 1 aromatic carbocycles. The van der Waals surface area contributed by atoms with Crippen molar-refractivity contribution in [1.82, 2.24) is 10.2 Å². The van der Waals surface area contributed by atoms with Gasteiger partial charge < -0.3 is 10.2 Å². The topological polar surface area (TPSA) is 32.3 Å². The molecule has 116 valence electrons. The Morgan fingerprint density at radius 2 is 2.10 bits per heavy atom. The minimum absolute atomic E-state index is 0.0563. The number of piperidine rings is 1. The molecule has 1 saturated heterocycles. The fourth-order valence-corrected chi connectivity index (χ4v) is 3.15. The molecule has 0 atom stereocenters. The number of rotatable bonds is 5. The summed E-state index contributed by atoms with van der Waals surface area (Å²) in [4.78, 5) is 14.9. The van der Waals surface area contributed by atoms with Crippen LogP contribution in [-0.2, 0) is 0 Å². The average molecular weight is 353 g/mol. The van der Waals surface area contributed by atoms with Gasteiger partial charge in [0.15, 0.2) is 0 Å². The molecule has 0 unspecified atom stereocenters. The Bertz CT molecular complexity index is 482. The van der Waals surface area contributed by atoms with Crippen LogP contribution in [0.1, 0.15) is 48.5 Å². The molecule has 1 N–H and O–H groups in total. The quantitative estimate of drug-likeness (QED) is 0.874. The van der Waals surface area contributed by atoms with E-state index in [1.54, 1.807) is 0 Å². The Kier molecular flexibility index (Phi) is 6.24. The largest absolute Gasteiger partial charge is 0.349 e. The van der Waals surface area contributed by atoms with E-state index in [4.69, 9.17) is 0 Å². The number of carbonyl (C=O) groups excluding carboxylic acids is 1. The first-order valence-corrected chi connectivity index (χ1v) is 8.69. The van der Waals surface area contributed by atoms with Crippen LogP contribution in [0.2, 0.25) is 0 Å². The van der Waals surface area contributed by atoms with E-state index in [9.17, 15) is 4.79 Å². The fourth-order valence-electron chi connectivity index (χ4n) is 2.78. The van der Waals surface area contributed by atoms with Crippen LogP contribution in [-0.4, -0.2) is 36.5 Å². The molecular weight excluding hydrogens is 328 g/mol. The van der Waals surface area contributed by atoms with Crippen LogP contribution in [0.3, 0.4) is 0 Å². The molecule has 1 aliphatic rings. The summed E-state index contributed by atoms with van der Waals surface area (Å²) in [7, 11) is 0. The first-order chi connectivity index (χ1) is 10.1. The molecule has 1 aromatic rings. The fraction of sp³-hybridized carbons (Fsp3) is 0.588. The van der Waals surface area contributed by atoms with Gasteiger partial charge in [0.2, 0.25) is 0 Å². The molecule has 0 saturated carbocycles. The molecule has 3 nitrogen and oxygen atoms in total. The number of nitrogens with zero attached hydrogens (tertiary/aromatic N) is 1. The molecule has 1 fully saturated rings. The van der Waals surface area contributed by atoms with Gasteiger partial charge in [-0.25, -0.2) is 0 Å². The minimum Gasteiger partial charge on any atom is -0.349 e. The Labute approximate surface area is 136 Å². The number of unbranched alkanes of at least 4 members (excludes halogenated alkanes) is 1. The highest BCUT2D eigenvalue weighted by Crippen LogP contribution is 2.17. The molecule has 21 heavy (non-hydrogen) atoms. The van der Waals surface area contributed by atoms with E-state index < -0.39 is 0 Å². The summed E-state index contributed by atoms with van der Waals surface area (Å²) in [6.07, 6.45) is 4.64. The normalized spacial score (nSPS) is 16.9. The summed E-state index contributed by atoms with van der Waals surface area (Å²) in [5.41, 5.74) is 1.80. The lowest BCUT2D eigenvalue weighted by atomic mass is 10.0. The Balaban J connectivity index is 1.85. The van der Waals surface area contributed by atoms with Gasteiger partial charge in [-0.3, -0.25) is 4.79 Å². The summed E-state index contributed by atoms with van der Waals surface area (Å²) in [6, 6.07) is 6.17. The van der Waals surface area contributed by atoms with Crippen molar-refractivity contribution in [3.8, 4) is 0 Å². The maximum Gasteiger partial charge on any atom is 0.251 e. The Hall–Kier alpha value is -0.870. The van der Waals surface area contributed by atoms with Crippen LogP contribution < -0.4 is 5.32 Å². The number of aryl methyl sites for hydroxylation is 1. The van der Waals surface area contributed by atoms with Crippen molar-refractivity contribution in [2.75, 3.05) is 19.6 Å². The molecule has 1 amide bonds. The molecule has 0 aliphatic carbocycles. The second-order valence-electron chi connectivity index (χ2n) is 5.90. The number of nitrogens with one attached hydrogen (secondary N) is 1. The first kappa shape index (κ1) is 16.5. The maximum atomic E-state index is 12.4. The van der Waals surface area contributed by atoms with E-state index in [1.807, 2.05) is 25.1 Å². The van der Waals surface area contributed by atoms with Crippen molar-refractivity contribution in [3.63, 3.8) is 0 Å². The lowest BCUT2D eigenvalue weighted by molar-refractivity contribution is 0.0910. The Morgan fingerprint density at radius 3 is 2.76 bits per heavy atom. The SMILES string of the molecule is CCCCN1CCC(NC(=O)c2cc(Br)ccc2C)CC1. The van der Waals surface area contributed by atoms with Crippen molar-refractivity contribution in [1.29, 1.82) is 0 Å². The second kappa shape index (κ2) is 7.95. The van der Waals surface area contributed by atoms with E-state index in [-0.39, 0.29) is 5.91 Å². The van der Waals surface area contributed by atoms with E-state index in [1.165, 1.54) is 19.4 Å². The molecule has 1 aliphatic heterocycles. The van der Waals surface area contributed by atoms with E-state index in [2.05, 4.69) is 33.1 Å². The number of likely N-dealkylation sites (tertiary alicyclic amines) is 1. The van der Waals surface area contributed by atoms with Gasteiger partial charge in [0.05, 0.1) is 0 Å². The third kappa shape index (κ3) is 4.82. The number of carbonyl (C=O) groups is 1. The van der Waals surface area contributed by atoms with Gasteiger partial charge in [-0.2, -0.15) is 0 Å². The number of amides is 1. The van der Waals surface area contributed by atoms with Gasteiger partial charge in [0, 0.05) is 29.2 Å². The predicted octanol–water partition coefficient (Wildman–Crippen LogP) is 3.75. The first-order valence-electron chi connectivity index (χ1n) is 7.89. The zero-order chi connectivity index (χ0) is 15.2. The Morgan fingerprint density at radius 1 is 1.38 bits per heavy atom. The van der Waals surface area contributed by atoms with Crippen molar-refractivity contribution in [2.24, 2.45) is 0 Å². The monoisotopic (exact) mass is 352 g/mol. The van der Waals surface area contributed by atoms with Crippen LogP contribution in [0, 0.1) is 6.92 Å². The van der Waals surface area contributed by atoms with E-state index >= 15 is 0 Å². The zero-order valence-corrected chi connectivity index (χ0v) is 14.6. The highest BCUT2D eigenvalue weighted by Gasteiger charge is 2.21. The van der Waals surface area contributed by atoms with Gasteiger partial charge in [0.1, 0.15) is 0 Å². The van der Waals surface area contributed by atoms with Crippen LogP contribution in [0.25, 0.3) is 0 Å². The molecule has 0 spiro atoms. The van der Waals surface area contributed by atoms with E-state index in [0.29, 0.717) is 6.04 Å². The molecule has 4 heteroatoms. The average Bonchev–Trinajstić information content (AvgIpc) is 2.49. The second-order valence-corrected chi connectivity index (χ2v) is 6.82. The van der Waals surface area contributed by atoms with E-state index in [0.717, 1.165) is 41.5 Å². The summed E-state index contributed by atoms with van der Waals surface area (Å²) >= 11 is 3.44. The summed E-state index contributed by atoms with van der Waals surface area (Å²) in [5, 5.41) is 3.19. The molecule has 1 heterocycles. The zero-order valence-electron chi connectivity index (χ0n) is 13.0. The highest BCUT2D eigenvalue weighted by atomic mass is 79.9. The number of hydrogen-bond donors (Lipinski definition) is 1. The third-order valence-corrected chi connectivity index (χ3v) is 4.69. The number of halogens is 1.